The molecular weight excluding hydrogens is 812 g/mol. The van der Waals surface area contributed by atoms with E-state index in [4.69, 9.17) is 58.3 Å². The van der Waals surface area contributed by atoms with E-state index in [2.05, 4.69) is 16.8 Å². The van der Waals surface area contributed by atoms with Gasteiger partial charge in [-0.2, -0.15) is 10.2 Å². The Labute approximate surface area is 365 Å². The lowest BCUT2D eigenvalue weighted by Crippen LogP contribution is -2.38. The third-order valence-electron chi connectivity index (χ3n) is 8.91. The molecule has 0 amide bonds. The Morgan fingerprint density at radius 3 is 1.21 bits per heavy atom. The lowest BCUT2D eigenvalue weighted by Gasteiger charge is -2.26. The average molecular weight is 885 g/mol. The van der Waals surface area contributed by atoms with Crippen LogP contribution in [0.5, 0.6) is 11.5 Å². The molecule has 0 saturated carbocycles. The first-order chi connectivity index (χ1) is 30.2. The van der Waals surface area contributed by atoms with Crippen molar-refractivity contribution in [3.8, 4) is 11.5 Å². The molecule has 0 aliphatic carbocycles. The van der Waals surface area contributed by atoms with Gasteiger partial charge in [-0.25, -0.2) is 0 Å². The van der Waals surface area contributed by atoms with Crippen LogP contribution in [-0.2, 0) is 28.4 Å². The zero-order valence-electron chi connectivity index (χ0n) is 35.9. The summed E-state index contributed by atoms with van der Waals surface area (Å²) in [6.07, 6.45) is 4.80. The number of aliphatic hydroxyl groups excluding tert-OH is 8. The number of hydrogen-bond acceptors (Lipinski definition) is 18. The molecule has 0 bridgehead atoms. The van der Waals surface area contributed by atoms with Gasteiger partial charge >= 0.3 is 0 Å². The number of nitrogens with zero attached hydrogens (tertiary/aromatic N) is 2. The van der Waals surface area contributed by atoms with Gasteiger partial charge in [-0.15, -0.1) is 6.58 Å². The van der Waals surface area contributed by atoms with Crippen LogP contribution < -0.4 is 9.47 Å². The van der Waals surface area contributed by atoms with Crippen LogP contribution in [0.3, 0.4) is 0 Å². The predicted molar refractivity (Wildman–Crippen MR) is 229 cm³/mol. The summed E-state index contributed by atoms with van der Waals surface area (Å²) in [5, 5.41) is 84.2. The molecule has 0 fully saturated rings. The van der Waals surface area contributed by atoms with Crippen molar-refractivity contribution < 1.29 is 78.7 Å². The van der Waals surface area contributed by atoms with E-state index in [-0.39, 0.29) is 66.1 Å². The molecule has 8 N–H and O–H groups in total. The molecule has 0 radical (unpaired) electrons. The zero-order valence-corrected chi connectivity index (χ0v) is 35.9. The highest BCUT2D eigenvalue weighted by atomic mass is 16.6. The smallest absolute Gasteiger partial charge is 0.145 e. The maximum absolute atomic E-state index is 9.72. The van der Waals surface area contributed by atoms with Crippen molar-refractivity contribution in [3.05, 3.63) is 61.2 Å². The van der Waals surface area contributed by atoms with Gasteiger partial charge in [-0.1, -0.05) is 38.2 Å². The van der Waals surface area contributed by atoms with Crippen LogP contribution in [0.25, 0.3) is 0 Å². The Morgan fingerprint density at radius 1 is 0.452 bits per heavy atom. The Balaban J connectivity index is 2.07. The molecule has 0 heterocycles. The molecule has 18 heteroatoms. The molecular formula is C44H72N2O16. The number of benzene rings is 2. The summed E-state index contributed by atoms with van der Waals surface area (Å²) in [5.41, 5.74) is 1.22. The van der Waals surface area contributed by atoms with Gasteiger partial charge in [0.25, 0.3) is 0 Å². The van der Waals surface area contributed by atoms with Crippen LogP contribution in [0.4, 0.5) is 11.4 Å². The third-order valence-corrected chi connectivity index (χ3v) is 8.91. The molecule has 0 aliphatic rings. The molecule has 0 aromatic heterocycles. The van der Waals surface area contributed by atoms with Gasteiger partial charge in [-0.05, 0) is 67.8 Å². The van der Waals surface area contributed by atoms with Gasteiger partial charge in [0.2, 0.25) is 0 Å². The Bertz CT molecular complexity index is 1300. The summed E-state index contributed by atoms with van der Waals surface area (Å²) >= 11 is 0. The van der Waals surface area contributed by atoms with Crippen molar-refractivity contribution in [3.63, 3.8) is 0 Å². The maximum atomic E-state index is 9.72. The van der Waals surface area contributed by atoms with Gasteiger partial charge in [-0.3, -0.25) is 0 Å². The van der Waals surface area contributed by atoms with E-state index in [0.717, 1.165) is 25.0 Å². The number of hydrogen-bond donors (Lipinski definition) is 8. The number of aliphatic hydroxyl groups is 8. The zero-order chi connectivity index (χ0) is 45.0. The highest BCUT2D eigenvalue weighted by Gasteiger charge is 2.21. The monoisotopic (exact) mass is 884 g/mol. The number of unbranched alkanes of at least 4 members (excludes halogenated alkanes) is 7. The first-order valence-electron chi connectivity index (χ1n) is 21.4. The highest BCUT2D eigenvalue weighted by Crippen LogP contribution is 2.24. The quantitative estimate of drug-likeness (QED) is 0.0271. The molecule has 0 aliphatic heterocycles. The average Bonchev–Trinajstić information content (AvgIpc) is 3.29. The molecule has 62 heavy (non-hydrogen) atoms. The summed E-state index contributed by atoms with van der Waals surface area (Å²) < 4.78 is 46.4. The lowest BCUT2D eigenvalue weighted by molar-refractivity contribution is -0.123. The second-order valence-electron chi connectivity index (χ2n) is 14.7. The van der Waals surface area contributed by atoms with E-state index < -0.39 is 69.2 Å². The van der Waals surface area contributed by atoms with Crippen LogP contribution >= 0.6 is 0 Å². The summed E-state index contributed by atoms with van der Waals surface area (Å²) in [5.74, 6) is 1.21. The largest absolute Gasteiger partial charge is 0.494 e. The van der Waals surface area contributed by atoms with Crippen molar-refractivity contribution in [2.24, 2.45) is 10.2 Å². The van der Waals surface area contributed by atoms with Gasteiger partial charge < -0.3 is 78.7 Å². The Kier molecular flexibility index (Phi) is 32.1. The van der Waals surface area contributed by atoms with Gasteiger partial charge in [0.1, 0.15) is 54.2 Å². The normalized spacial score (nSPS) is 15.2. The van der Waals surface area contributed by atoms with Crippen LogP contribution in [-0.4, -0.2) is 183 Å². The fraction of sp³-hybridized carbons (Fsp3) is 0.682. The van der Waals surface area contributed by atoms with Crippen LogP contribution in [0.1, 0.15) is 51.4 Å². The number of rotatable bonds is 41. The van der Waals surface area contributed by atoms with Crippen molar-refractivity contribution in [2.75, 3.05) is 99.1 Å². The SMILES string of the molecule is C=CCCCCCCCCCOc1ccc(N=Nc2ccc(OC(COC(COCC(O)CO)COCC(O)CO)COC(COCC(O)CO)COCC(O)CO)cc2)cc1. The Morgan fingerprint density at radius 2 is 0.823 bits per heavy atom. The second-order valence-corrected chi connectivity index (χ2v) is 14.7. The second kappa shape index (κ2) is 36.2. The van der Waals surface area contributed by atoms with Crippen molar-refractivity contribution >= 4 is 11.4 Å². The summed E-state index contributed by atoms with van der Waals surface area (Å²) in [6.45, 7) is 1.38. The minimum atomic E-state index is -1.10. The van der Waals surface area contributed by atoms with Crippen LogP contribution in [0.15, 0.2) is 71.4 Å². The number of allylic oxidation sites excluding steroid dienone is 1. The van der Waals surface area contributed by atoms with E-state index in [1.807, 2.05) is 30.3 Å². The molecule has 2 aromatic carbocycles. The highest BCUT2D eigenvalue weighted by molar-refractivity contribution is 5.44. The molecule has 0 saturated heterocycles. The molecule has 354 valence electrons. The summed E-state index contributed by atoms with van der Waals surface area (Å²) in [6, 6.07) is 14.3. The fourth-order valence-electron chi connectivity index (χ4n) is 5.42. The Hall–Kier alpha value is -3.18. The van der Waals surface area contributed by atoms with Crippen molar-refractivity contribution in [2.45, 2.75) is 94.1 Å². The first kappa shape index (κ1) is 55.0. The standard InChI is InChI=1S/C44H72N2O16/c1-2-3-4-5-6-7-8-9-10-19-59-40-15-11-34(12-16-40)45-46-35-13-17-41(18-14-35)62-44(32-60-42(28-55-24-36(51)20-47)29-56-25-37(52)21-48)33-61-43(30-57-26-38(53)22-49)31-58-27-39(54)23-50/h2,11-18,36-39,42-44,47-54H,1,3-10,19-33H2. The minimum absolute atomic E-state index is 0.0582. The van der Waals surface area contributed by atoms with E-state index in [1.54, 1.807) is 24.3 Å². The van der Waals surface area contributed by atoms with E-state index in [0.29, 0.717) is 23.7 Å². The van der Waals surface area contributed by atoms with Crippen LogP contribution in [0, 0.1) is 0 Å². The predicted octanol–water partition coefficient (Wildman–Crippen LogP) is 2.78. The van der Waals surface area contributed by atoms with Gasteiger partial charge in [0.15, 0.2) is 0 Å². The minimum Gasteiger partial charge on any atom is -0.494 e. The summed E-state index contributed by atoms with van der Waals surface area (Å²) in [7, 11) is 0. The van der Waals surface area contributed by atoms with Crippen molar-refractivity contribution in [1.82, 2.24) is 0 Å². The van der Waals surface area contributed by atoms with Crippen molar-refractivity contribution in [1.29, 1.82) is 0 Å². The van der Waals surface area contributed by atoms with Gasteiger partial charge in [0.05, 0.1) is 110 Å². The van der Waals surface area contributed by atoms with Crippen LogP contribution in [0.2, 0.25) is 0 Å². The number of ether oxygens (including phenoxy) is 8. The lowest BCUT2D eigenvalue weighted by atomic mass is 10.1. The molecule has 2 aromatic rings. The van der Waals surface area contributed by atoms with Gasteiger partial charge in [0, 0.05) is 0 Å². The topological polar surface area (TPSA) is 260 Å². The van der Waals surface area contributed by atoms with E-state index in [1.165, 1.54) is 32.1 Å². The molecule has 18 nitrogen and oxygen atoms in total. The third kappa shape index (κ3) is 27.8. The molecule has 0 spiro atoms. The molecule has 2 rings (SSSR count). The summed E-state index contributed by atoms with van der Waals surface area (Å²) in [4.78, 5) is 0. The first-order valence-corrected chi connectivity index (χ1v) is 21.4. The fourth-order valence-corrected chi connectivity index (χ4v) is 5.42. The van der Waals surface area contributed by atoms with E-state index >= 15 is 0 Å². The van der Waals surface area contributed by atoms with E-state index in [9.17, 15) is 20.4 Å². The molecule has 4 atom stereocenters. The number of azo groups is 1. The maximum Gasteiger partial charge on any atom is 0.145 e. The molecule has 4 unspecified atom stereocenters.